The fraction of sp³-hybridized carbons (Fsp3) is 0.167. The van der Waals surface area contributed by atoms with Crippen molar-refractivity contribution >= 4 is 43.5 Å². The summed E-state index contributed by atoms with van der Waals surface area (Å²) in [6.07, 6.45) is 1.51. The molecule has 18 heavy (non-hydrogen) atoms. The fourth-order valence-corrected chi connectivity index (χ4v) is 2.61. The largest absolute Gasteiger partial charge is 0.291 e. The second kappa shape index (κ2) is 5.55. The van der Waals surface area contributed by atoms with Crippen LogP contribution in [0.1, 0.15) is 11.4 Å². The number of aryl methyl sites for hydroxylation is 1. The minimum atomic E-state index is -0.110. The van der Waals surface area contributed by atoms with Gasteiger partial charge in [0, 0.05) is 15.7 Å². The first kappa shape index (κ1) is 13.8. The SMILES string of the molecule is Cc1ncc(Br)c(=O)n1Cc1ccc(Br)cc1Cl. The second-order valence-corrected chi connectivity index (χ2v) is 5.96. The molecule has 3 nitrogen and oxygen atoms in total. The maximum atomic E-state index is 12.0. The van der Waals surface area contributed by atoms with Gasteiger partial charge >= 0.3 is 0 Å². The fourth-order valence-electron chi connectivity index (χ4n) is 1.56. The molecule has 1 aromatic heterocycles. The second-order valence-electron chi connectivity index (χ2n) is 3.78. The summed E-state index contributed by atoms with van der Waals surface area (Å²) in [7, 11) is 0. The Balaban J connectivity index is 2.46. The molecule has 0 spiro atoms. The van der Waals surface area contributed by atoms with E-state index in [2.05, 4.69) is 36.8 Å². The summed E-state index contributed by atoms with van der Waals surface area (Å²) in [5, 5.41) is 0.621. The number of benzene rings is 1. The first-order chi connectivity index (χ1) is 8.49. The van der Waals surface area contributed by atoms with E-state index in [1.54, 1.807) is 11.5 Å². The average Bonchev–Trinajstić information content (AvgIpc) is 2.32. The van der Waals surface area contributed by atoms with Crippen LogP contribution < -0.4 is 5.56 Å². The first-order valence-corrected chi connectivity index (χ1v) is 7.11. The van der Waals surface area contributed by atoms with Crippen LogP contribution in [0.2, 0.25) is 5.02 Å². The predicted molar refractivity (Wildman–Crippen MR) is 79.2 cm³/mol. The van der Waals surface area contributed by atoms with Gasteiger partial charge < -0.3 is 0 Å². The molecule has 2 aromatic rings. The van der Waals surface area contributed by atoms with Crippen LogP contribution in [0.15, 0.2) is 38.1 Å². The van der Waals surface area contributed by atoms with E-state index in [4.69, 9.17) is 11.6 Å². The standard InChI is InChI=1S/C12H9Br2ClN2O/c1-7-16-5-10(14)12(18)17(7)6-8-2-3-9(13)4-11(8)15/h2-5H,6H2,1H3. The Labute approximate surface area is 126 Å². The highest BCUT2D eigenvalue weighted by Crippen LogP contribution is 2.22. The summed E-state index contributed by atoms with van der Waals surface area (Å²) in [6.45, 7) is 2.20. The molecule has 0 saturated heterocycles. The number of nitrogens with zero attached hydrogens (tertiary/aromatic N) is 2. The Morgan fingerprint density at radius 1 is 1.39 bits per heavy atom. The van der Waals surface area contributed by atoms with Crippen molar-refractivity contribution in [1.29, 1.82) is 0 Å². The lowest BCUT2D eigenvalue weighted by atomic mass is 10.2. The van der Waals surface area contributed by atoms with Gasteiger partial charge in [-0.3, -0.25) is 9.36 Å². The van der Waals surface area contributed by atoms with Gasteiger partial charge in [0.05, 0.1) is 6.54 Å². The van der Waals surface area contributed by atoms with Gasteiger partial charge in [0.2, 0.25) is 0 Å². The van der Waals surface area contributed by atoms with E-state index in [1.807, 2.05) is 18.2 Å². The maximum absolute atomic E-state index is 12.0. The zero-order chi connectivity index (χ0) is 13.3. The van der Waals surface area contributed by atoms with Gasteiger partial charge in [-0.05, 0) is 40.5 Å². The highest BCUT2D eigenvalue weighted by Gasteiger charge is 2.08. The van der Waals surface area contributed by atoms with E-state index in [-0.39, 0.29) is 5.56 Å². The monoisotopic (exact) mass is 390 g/mol. The minimum Gasteiger partial charge on any atom is -0.291 e. The van der Waals surface area contributed by atoms with Gasteiger partial charge in [0.1, 0.15) is 10.3 Å². The van der Waals surface area contributed by atoms with E-state index in [0.717, 1.165) is 10.0 Å². The third-order valence-electron chi connectivity index (χ3n) is 2.55. The molecule has 0 amide bonds. The molecule has 0 fully saturated rings. The molecule has 0 radical (unpaired) electrons. The number of hydrogen-bond donors (Lipinski definition) is 0. The van der Waals surface area contributed by atoms with Gasteiger partial charge in [-0.25, -0.2) is 4.98 Å². The van der Waals surface area contributed by atoms with Crippen LogP contribution in [0.5, 0.6) is 0 Å². The van der Waals surface area contributed by atoms with Crippen LogP contribution in [0.25, 0.3) is 0 Å². The van der Waals surface area contributed by atoms with Crippen molar-refractivity contribution in [3.63, 3.8) is 0 Å². The molecule has 2 rings (SSSR count). The molecule has 0 saturated carbocycles. The summed E-state index contributed by atoms with van der Waals surface area (Å²) in [4.78, 5) is 16.1. The van der Waals surface area contributed by atoms with Crippen LogP contribution in [-0.2, 0) is 6.54 Å². The molecule has 0 N–H and O–H groups in total. The third-order valence-corrected chi connectivity index (χ3v) is 3.94. The number of halogens is 3. The molecule has 1 heterocycles. The highest BCUT2D eigenvalue weighted by molar-refractivity contribution is 9.10. The van der Waals surface area contributed by atoms with Crippen molar-refractivity contribution in [3.05, 3.63) is 60.1 Å². The Hall–Kier alpha value is -0.650. The van der Waals surface area contributed by atoms with Crippen LogP contribution in [0.4, 0.5) is 0 Å². The van der Waals surface area contributed by atoms with E-state index < -0.39 is 0 Å². The molecule has 0 aliphatic carbocycles. The van der Waals surface area contributed by atoms with Gasteiger partial charge in [-0.1, -0.05) is 33.6 Å². The molecule has 0 unspecified atom stereocenters. The smallest absolute Gasteiger partial charge is 0.268 e. The maximum Gasteiger partial charge on any atom is 0.268 e. The van der Waals surface area contributed by atoms with E-state index >= 15 is 0 Å². The topological polar surface area (TPSA) is 34.9 Å². The van der Waals surface area contributed by atoms with Crippen molar-refractivity contribution in [2.45, 2.75) is 13.5 Å². The van der Waals surface area contributed by atoms with E-state index in [1.165, 1.54) is 6.20 Å². The van der Waals surface area contributed by atoms with Gasteiger partial charge in [0.25, 0.3) is 5.56 Å². The Morgan fingerprint density at radius 3 is 2.78 bits per heavy atom. The van der Waals surface area contributed by atoms with E-state index in [9.17, 15) is 4.79 Å². The zero-order valence-corrected chi connectivity index (χ0v) is 13.4. The van der Waals surface area contributed by atoms with Crippen LogP contribution >= 0.6 is 43.5 Å². The lowest BCUT2D eigenvalue weighted by Gasteiger charge is -2.10. The number of rotatable bonds is 2. The van der Waals surface area contributed by atoms with Crippen molar-refractivity contribution < 1.29 is 0 Å². The van der Waals surface area contributed by atoms with Crippen molar-refractivity contribution in [2.24, 2.45) is 0 Å². The summed E-state index contributed by atoms with van der Waals surface area (Å²) >= 11 is 12.7. The normalized spacial score (nSPS) is 10.7. The molecule has 1 aromatic carbocycles. The molecule has 0 bridgehead atoms. The molecular weight excluding hydrogens is 383 g/mol. The molecule has 6 heteroatoms. The van der Waals surface area contributed by atoms with Crippen molar-refractivity contribution in [1.82, 2.24) is 9.55 Å². The summed E-state index contributed by atoms with van der Waals surface area (Å²) in [6, 6.07) is 5.59. The zero-order valence-electron chi connectivity index (χ0n) is 9.45. The van der Waals surface area contributed by atoms with Crippen molar-refractivity contribution in [2.75, 3.05) is 0 Å². The Bertz CT molecular complexity index is 655. The lowest BCUT2D eigenvalue weighted by molar-refractivity contribution is 0.695. The molecule has 0 atom stereocenters. The lowest BCUT2D eigenvalue weighted by Crippen LogP contribution is -2.24. The van der Waals surface area contributed by atoms with Gasteiger partial charge in [-0.2, -0.15) is 0 Å². The van der Waals surface area contributed by atoms with E-state index in [0.29, 0.717) is 21.9 Å². The quantitative estimate of drug-likeness (QED) is 0.780. The minimum absolute atomic E-state index is 0.110. The number of aromatic nitrogens is 2. The van der Waals surface area contributed by atoms with Crippen molar-refractivity contribution in [3.8, 4) is 0 Å². The molecular formula is C12H9Br2ClN2O. The first-order valence-electron chi connectivity index (χ1n) is 5.15. The van der Waals surface area contributed by atoms with Gasteiger partial charge in [0.15, 0.2) is 0 Å². The highest BCUT2D eigenvalue weighted by atomic mass is 79.9. The number of hydrogen-bond acceptors (Lipinski definition) is 2. The average molecular weight is 392 g/mol. The Morgan fingerprint density at radius 2 is 2.11 bits per heavy atom. The van der Waals surface area contributed by atoms with Gasteiger partial charge in [-0.15, -0.1) is 0 Å². The Kier molecular flexibility index (Phi) is 4.25. The predicted octanol–water partition coefficient (Wildman–Crippen LogP) is 3.78. The van der Waals surface area contributed by atoms with Crippen LogP contribution in [0.3, 0.4) is 0 Å². The molecule has 0 aliphatic rings. The third kappa shape index (κ3) is 2.84. The van der Waals surface area contributed by atoms with Crippen LogP contribution in [-0.4, -0.2) is 9.55 Å². The summed E-state index contributed by atoms with van der Waals surface area (Å²) in [5.74, 6) is 0.655. The molecule has 0 aliphatic heterocycles. The molecule has 94 valence electrons. The summed E-state index contributed by atoms with van der Waals surface area (Å²) < 4.78 is 2.94. The van der Waals surface area contributed by atoms with Crippen LogP contribution in [0, 0.1) is 6.92 Å². The summed E-state index contributed by atoms with van der Waals surface area (Å²) in [5.41, 5.74) is 0.770.